The van der Waals surface area contributed by atoms with Crippen molar-refractivity contribution < 1.29 is 9.53 Å². The molecule has 1 aromatic heterocycles. The van der Waals surface area contributed by atoms with Gasteiger partial charge in [-0.2, -0.15) is 4.98 Å². The van der Waals surface area contributed by atoms with Gasteiger partial charge in [-0.1, -0.05) is 13.8 Å². The molecule has 1 amide bonds. The van der Waals surface area contributed by atoms with Gasteiger partial charge < -0.3 is 10.1 Å². The van der Waals surface area contributed by atoms with Gasteiger partial charge in [0.25, 0.3) is 5.91 Å². The molecule has 1 atom stereocenters. The zero-order valence-corrected chi connectivity index (χ0v) is 13.8. The fraction of sp³-hybridized carbons (Fsp3) is 0.688. The highest BCUT2D eigenvalue weighted by Gasteiger charge is 2.24. The molecular formula is C16H26N4O2. The van der Waals surface area contributed by atoms with Gasteiger partial charge >= 0.3 is 0 Å². The molecule has 22 heavy (non-hydrogen) atoms. The fourth-order valence-corrected chi connectivity index (χ4v) is 2.90. The molecule has 1 aliphatic heterocycles. The Kier molecular flexibility index (Phi) is 6.12. The zero-order valence-electron chi connectivity index (χ0n) is 13.8. The number of hydrogen-bond acceptors (Lipinski definition) is 5. The average molecular weight is 306 g/mol. The van der Waals surface area contributed by atoms with Crippen LogP contribution in [0.15, 0.2) is 6.20 Å². The van der Waals surface area contributed by atoms with E-state index in [4.69, 9.17) is 4.74 Å². The van der Waals surface area contributed by atoms with Gasteiger partial charge in [0, 0.05) is 25.2 Å². The largest absolute Gasteiger partial charge is 0.480 e. The second-order valence-corrected chi connectivity index (χ2v) is 5.59. The summed E-state index contributed by atoms with van der Waals surface area (Å²) in [5.74, 6) is 0.904. The quantitative estimate of drug-likeness (QED) is 0.829. The first kappa shape index (κ1) is 16.7. The first-order valence-electron chi connectivity index (χ1n) is 8.11. The zero-order chi connectivity index (χ0) is 15.9. The minimum absolute atomic E-state index is 0.164. The molecule has 2 heterocycles. The van der Waals surface area contributed by atoms with Gasteiger partial charge in [-0.25, -0.2) is 4.98 Å². The normalized spacial score (nSPS) is 18.4. The molecule has 1 aromatic rings. The van der Waals surface area contributed by atoms with E-state index < -0.39 is 0 Å². The van der Waals surface area contributed by atoms with Crippen molar-refractivity contribution in [1.82, 2.24) is 20.2 Å². The number of likely N-dealkylation sites (tertiary alicyclic amines) is 1. The lowest BCUT2D eigenvalue weighted by Crippen LogP contribution is -2.40. The number of carbonyl (C=O) groups is 1. The van der Waals surface area contributed by atoms with Crippen LogP contribution in [-0.4, -0.2) is 53.6 Å². The maximum atomic E-state index is 12.4. The van der Waals surface area contributed by atoms with Crippen molar-refractivity contribution in [2.75, 3.05) is 26.7 Å². The number of rotatable bonds is 7. The lowest BCUT2D eigenvalue weighted by atomic mass is 10.2. The van der Waals surface area contributed by atoms with Crippen molar-refractivity contribution in [1.29, 1.82) is 0 Å². The molecule has 0 spiro atoms. The number of nitrogens with zero attached hydrogens (tertiary/aromatic N) is 3. The Labute approximate surface area is 132 Å². The SMILES string of the molecule is CCCc1ncc(C(=O)NCC2CCCN2CC)c(OC)n1. The summed E-state index contributed by atoms with van der Waals surface area (Å²) in [4.78, 5) is 23.3. The van der Waals surface area contributed by atoms with E-state index in [1.807, 2.05) is 0 Å². The molecule has 1 unspecified atom stereocenters. The highest BCUT2D eigenvalue weighted by Crippen LogP contribution is 2.17. The second-order valence-electron chi connectivity index (χ2n) is 5.59. The fourth-order valence-electron chi connectivity index (χ4n) is 2.90. The average Bonchev–Trinajstić information content (AvgIpc) is 3.00. The van der Waals surface area contributed by atoms with E-state index in [0.29, 0.717) is 29.9 Å². The first-order chi connectivity index (χ1) is 10.7. The van der Waals surface area contributed by atoms with Crippen LogP contribution in [0.2, 0.25) is 0 Å². The topological polar surface area (TPSA) is 67.4 Å². The summed E-state index contributed by atoms with van der Waals surface area (Å²) in [6.45, 7) is 7.03. The molecule has 6 nitrogen and oxygen atoms in total. The summed E-state index contributed by atoms with van der Waals surface area (Å²) in [7, 11) is 1.53. The van der Waals surface area contributed by atoms with Crippen LogP contribution in [0.25, 0.3) is 0 Å². The molecule has 6 heteroatoms. The number of hydrogen-bond donors (Lipinski definition) is 1. The van der Waals surface area contributed by atoms with E-state index in [1.165, 1.54) is 13.5 Å². The van der Waals surface area contributed by atoms with Gasteiger partial charge in [-0.05, 0) is 32.4 Å². The van der Waals surface area contributed by atoms with E-state index in [-0.39, 0.29) is 5.91 Å². The molecular weight excluding hydrogens is 280 g/mol. The lowest BCUT2D eigenvalue weighted by Gasteiger charge is -2.22. The van der Waals surface area contributed by atoms with E-state index in [1.54, 1.807) is 6.20 Å². The molecule has 0 bridgehead atoms. The number of methoxy groups -OCH3 is 1. The van der Waals surface area contributed by atoms with Crippen molar-refractivity contribution in [3.63, 3.8) is 0 Å². The number of aryl methyl sites for hydroxylation is 1. The molecule has 0 saturated carbocycles. The Hall–Kier alpha value is -1.69. The molecule has 0 aromatic carbocycles. The summed E-state index contributed by atoms with van der Waals surface area (Å²) >= 11 is 0. The third-order valence-corrected chi connectivity index (χ3v) is 4.12. The predicted octanol–water partition coefficient (Wildman–Crippen LogP) is 1.65. The number of carbonyl (C=O) groups excluding carboxylic acids is 1. The van der Waals surface area contributed by atoms with Crippen LogP contribution >= 0.6 is 0 Å². The Morgan fingerprint density at radius 2 is 2.32 bits per heavy atom. The number of likely N-dealkylation sites (N-methyl/N-ethyl adjacent to an activating group) is 1. The Morgan fingerprint density at radius 1 is 1.50 bits per heavy atom. The Morgan fingerprint density at radius 3 is 3.00 bits per heavy atom. The van der Waals surface area contributed by atoms with Crippen LogP contribution in [-0.2, 0) is 6.42 Å². The highest BCUT2D eigenvalue weighted by atomic mass is 16.5. The third kappa shape index (κ3) is 3.94. The van der Waals surface area contributed by atoms with Gasteiger partial charge in [-0.15, -0.1) is 0 Å². The smallest absolute Gasteiger partial charge is 0.258 e. The monoisotopic (exact) mass is 306 g/mol. The van der Waals surface area contributed by atoms with Gasteiger partial charge in [0.15, 0.2) is 0 Å². The third-order valence-electron chi connectivity index (χ3n) is 4.12. The summed E-state index contributed by atoms with van der Waals surface area (Å²) in [6.07, 6.45) is 5.65. The molecule has 1 saturated heterocycles. The summed E-state index contributed by atoms with van der Waals surface area (Å²) < 4.78 is 5.25. The highest BCUT2D eigenvalue weighted by molar-refractivity contribution is 5.96. The summed E-state index contributed by atoms with van der Waals surface area (Å²) in [5, 5.41) is 2.99. The van der Waals surface area contributed by atoms with Gasteiger partial charge in [0.2, 0.25) is 5.88 Å². The van der Waals surface area contributed by atoms with E-state index in [9.17, 15) is 4.79 Å². The van der Waals surface area contributed by atoms with Crippen molar-refractivity contribution in [3.05, 3.63) is 17.6 Å². The van der Waals surface area contributed by atoms with E-state index in [2.05, 4.69) is 34.0 Å². The van der Waals surface area contributed by atoms with Gasteiger partial charge in [0.05, 0.1) is 7.11 Å². The second kappa shape index (κ2) is 8.08. The van der Waals surface area contributed by atoms with Crippen LogP contribution in [0.1, 0.15) is 49.3 Å². The molecule has 0 aliphatic carbocycles. The van der Waals surface area contributed by atoms with Gasteiger partial charge in [0.1, 0.15) is 11.4 Å². The number of amides is 1. The molecule has 1 aliphatic rings. The van der Waals surface area contributed by atoms with E-state index >= 15 is 0 Å². The molecule has 2 rings (SSSR count). The first-order valence-corrected chi connectivity index (χ1v) is 8.11. The number of nitrogens with one attached hydrogen (secondary N) is 1. The summed E-state index contributed by atoms with van der Waals surface area (Å²) in [5.41, 5.74) is 0.406. The lowest BCUT2D eigenvalue weighted by molar-refractivity contribution is 0.0937. The van der Waals surface area contributed by atoms with Crippen LogP contribution in [0.4, 0.5) is 0 Å². The Bertz CT molecular complexity index is 507. The van der Waals surface area contributed by atoms with Gasteiger partial charge in [-0.3, -0.25) is 9.69 Å². The molecule has 1 N–H and O–H groups in total. The molecule has 1 fully saturated rings. The van der Waals surface area contributed by atoms with Crippen molar-refractivity contribution >= 4 is 5.91 Å². The van der Waals surface area contributed by atoms with Crippen LogP contribution in [0.3, 0.4) is 0 Å². The molecule has 0 radical (unpaired) electrons. The number of ether oxygens (including phenoxy) is 1. The standard InChI is InChI=1S/C16H26N4O2/c1-4-7-14-17-11-13(16(19-14)22-3)15(21)18-10-12-8-6-9-20(12)5-2/h11-12H,4-10H2,1-3H3,(H,18,21). The van der Waals surface area contributed by atoms with Crippen molar-refractivity contribution in [2.45, 2.75) is 45.6 Å². The van der Waals surface area contributed by atoms with Crippen LogP contribution in [0, 0.1) is 0 Å². The van der Waals surface area contributed by atoms with Crippen LogP contribution < -0.4 is 10.1 Å². The van der Waals surface area contributed by atoms with Crippen molar-refractivity contribution in [3.8, 4) is 5.88 Å². The minimum atomic E-state index is -0.164. The van der Waals surface area contributed by atoms with E-state index in [0.717, 1.165) is 32.4 Å². The van der Waals surface area contributed by atoms with Crippen LogP contribution in [0.5, 0.6) is 5.88 Å². The number of aromatic nitrogens is 2. The Balaban J connectivity index is 1.99. The maximum absolute atomic E-state index is 12.4. The van der Waals surface area contributed by atoms with Crippen molar-refractivity contribution in [2.24, 2.45) is 0 Å². The molecule has 122 valence electrons. The predicted molar refractivity (Wildman–Crippen MR) is 85.2 cm³/mol. The maximum Gasteiger partial charge on any atom is 0.258 e. The summed E-state index contributed by atoms with van der Waals surface area (Å²) in [6, 6.07) is 0.431. The minimum Gasteiger partial charge on any atom is -0.480 e.